The molecule has 2 rings (SSSR count). The van der Waals surface area contributed by atoms with E-state index in [4.69, 9.17) is 9.47 Å². The van der Waals surface area contributed by atoms with Gasteiger partial charge in [-0.15, -0.1) is 0 Å². The third-order valence-corrected chi connectivity index (χ3v) is 5.21. The molecule has 2 aliphatic rings. The van der Waals surface area contributed by atoms with Crippen LogP contribution in [0, 0.1) is 16.7 Å². The topological polar surface area (TPSA) is 35.5 Å². The van der Waals surface area contributed by atoms with Gasteiger partial charge in [0, 0.05) is 5.41 Å². The standard InChI is InChI=1S/C13H22O3/c1-5-15-11(14)16-10-8-9-6-7-13(10,4)12(9,2)3/h9-10H,5-8H2,1-4H3. The molecule has 3 unspecified atom stereocenters. The lowest BCUT2D eigenvalue weighted by molar-refractivity contribution is -0.0370. The number of carbonyl (C=O) groups is 1. The highest BCUT2D eigenvalue weighted by atomic mass is 16.7. The van der Waals surface area contributed by atoms with Gasteiger partial charge in [0.1, 0.15) is 6.10 Å². The fourth-order valence-corrected chi connectivity index (χ4v) is 3.58. The largest absolute Gasteiger partial charge is 0.508 e. The molecule has 0 spiro atoms. The zero-order valence-electron chi connectivity index (χ0n) is 10.7. The van der Waals surface area contributed by atoms with Crippen LogP contribution in [0.4, 0.5) is 4.79 Å². The molecule has 0 aliphatic heterocycles. The Kier molecular flexibility index (Phi) is 2.67. The number of ether oxygens (including phenoxy) is 2. The Morgan fingerprint density at radius 3 is 2.50 bits per heavy atom. The number of hydrogen-bond acceptors (Lipinski definition) is 3. The molecule has 0 aromatic carbocycles. The summed E-state index contributed by atoms with van der Waals surface area (Å²) in [6.07, 6.45) is 2.97. The van der Waals surface area contributed by atoms with Crippen LogP contribution < -0.4 is 0 Å². The monoisotopic (exact) mass is 226 g/mol. The Morgan fingerprint density at radius 1 is 1.38 bits per heavy atom. The zero-order chi connectivity index (χ0) is 12.0. The van der Waals surface area contributed by atoms with Gasteiger partial charge in [0.2, 0.25) is 0 Å². The Morgan fingerprint density at radius 2 is 2.06 bits per heavy atom. The van der Waals surface area contributed by atoms with Crippen molar-refractivity contribution in [2.75, 3.05) is 6.61 Å². The summed E-state index contributed by atoms with van der Waals surface area (Å²) in [7, 11) is 0. The van der Waals surface area contributed by atoms with Gasteiger partial charge in [-0.3, -0.25) is 0 Å². The maximum Gasteiger partial charge on any atom is 0.508 e. The van der Waals surface area contributed by atoms with E-state index < -0.39 is 6.16 Å². The molecule has 3 heteroatoms. The number of fused-ring (bicyclic) bond motifs is 2. The molecule has 3 nitrogen and oxygen atoms in total. The molecule has 0 aromatic heterocycles. The molecule has 16 heavy (non-hydrogen) atoms. The van der Waals surface area contributed by atoms with E-state index in [1.54, 1.807) is 6.92 Å². The van der Waals surface area contributed by atoms with Crippen molar-refractivity contribution >= 4 is 6.16 Å². The predicted molar refractivity (Wildman–Crippen MR) is 61.1 cm³/mol. The first-order chi connectivity index (χ1) is 7.41. The van der Waals surface area contributed by atoms with Crippen LogP contribution in [-0.2, 0) is 9.47 Å². The summed E-state index contributed by atoms with van der Waals surface area (Å²) >= 11 is 0. The summed E-state index contributed by atoms with van der Waals surface area (Å²) in [5, 5.41) is 0. The maximum absolute atomic E-state index is 11.4. The van der Waals surface area contributed by atoms with E-state index in [1.165, 1.54) is 6.42 Å². The van der Waals surface area contributed by atoms with E-state index >= 15 is 0 Å². The van der Waals surface area contributed by atoms with Crippen molar-refractivity contribution in [3.05, 3.63) is 0 Å². The van der Waals surface area contributed by atoms with E-state index in [1.807, 2.05) is 0 Å². The lowest BCUT2D eigenvalue weighted by Gasteiger charge is -2.38. The van der Waals surface area contributed by atoms with E-state index in [0.29, 0.717) is 12.5 Å². The molecule has 0 amide bonds. The lowest BCUT2D eigenvalue weighted by Crippen LogP contribution is -2.38. The SMILES string of the molecule is CCOC(=O)OC1CC2CCC1(C)C2(C)C. The number of rotatable bonds is 2. The summed E-state index contributed by atoms with van der Waals surface area (Å²) < 4.78 is 10.3. The van der Waals surface area contributed by atoms with Crippen LogP contribution in [0.25, 0.3) is 0 Å². The molecule has 0 radical (unpaired) electrons. The molecular formula is C13H22O3. The molecule has 2 saturated carbocycles. The highest BCUT2D eigenvalue weighted by molar-refractivity contribution is 5.60. The van der Waals surface area contributed by atoms with Gasteiger partial charge in [-0.25, -0.2) is 4.79 Å². The van der Waals surface area contributed by atoms with E-state index in [0.717, 1.165) is 12.8 Å². The van der Waals surface area contributed by atoms with Gasteiger partial charge in [-0.2, -0.15) is 0 Å². The number of carbonyl (C=O) groups excluding carboxylic acids is 1. The van der Waals surface area contributed by atoms with Crippen LogP contribution in [-0.4, -0.2) is 18.9 Å². The molecule has 0 saturated heterocycles. The van der Waals surface area contributed by atoms with Gasteiger partial charge >= 0.3 is 6.16 Å². The predicted octanol–water partition coefficient (Wildman–Crippen LogP) is 3.37. The van der Waals surface area contributed by atoms with Gasteiger partial charge in [0.05, 0.1) is 6.61 Å². The summed E-state index contributed by atoms with van der Waals surface area (Å²) in [6, 6.07) is 0. The van der Waals surface area contributed by atoms with Crippen LogP contribution in [0.15, 0.2) is 0 Å². The third-order valence-electron chi connectivity index (χ3n) is 5.21. The van der Waals surface area contributed by atoms with Crippen molar-refractivity contribution in [3.63, 3.8) is 0 Å². The molecule has 92 valence electrons. The third kappa shape index (κ3) is 1.44. The summed E-state index contributed by atoms with van der Waals surface area (Å²) in [5.74, 6) is 0.692. The van der Waals surface area contributed by atoms with Crippen LogP contribution >= 0.6 is 0 Å². The smallest absolute Gasteiger partial charge is 0.435 e. The Balaban J connectivity index is 2.07. The van der Waals surface area contributed by atoms with Gasteiger partial charge in [-0.1, -0.05) is 20.8 Å². The van der Waals surface area contributed by atoms with Gasteiger partial charge in [0.15, 0.2) is 0 Å². The fourth-order valence-electron chi connectivity index (χ4n) is 3.58. The van der Waals surface area contributed by atoms with Crippen molar-refractivity contribution in [3.8, 4) is 0 Å². The molecule has 0 aromatic rings. The first-order valence-electron chi connectivity index (χ1n) is 6.25. The highest BCUT2D eigenvalue weighted by Crippen LogP contribution is 2.66. The van der Waals surface area contributed by atoms with Crippen LogP contribution in [0.3, 0.4) is 0 Å². The van der Waals surface area contributed by atoms with E-state index in [2.05, 4.69) is 20.8 Å². The van der Waals surface area contributed by atoms with E-state index in [9.17, 15) is 4.79 Å². The Hall–Kier alpha value is -0.730. The lowest BCUT2D eigenvalue weighted by atomic mass is 9.70. The maximum atomic E-state index is 11.4. The molecule has 2 bridgehead atoms. The second-order valence-electron chi connectivity index (χ2n) is 5.90. The van der Waals surface area contributed by atoms with E-state index in [-0.39, 0.29) is 16.9 Å². The number of hydrogen-bond donors (Lipinski definition) is 0. The van der Waals surface area contributed by atoms with Crippen molar-refractivity contribution in [2.24, 2.45) is 16.7 Å². The molecule has 0 N–H and O–H groups in total. The minimum Gasteiger partial charge on any atom is -0.435 e. The first-order valence-corrected chi connectivity index (χ1v) is 6.25. The summed E-state index contributed by atoms with van der Waals surface area (Å²) in [4.78, 5) is 11.4. The van der Waals surface area contributed by atoms with Crippen LogP contribution in [0.1, 0.15) is 47.0 Å². The van der Waals surface area contributed by atoms with Crippen LogP contribution in [0.2, 0.25) is 0 Å². The van der Waals surface area contributed by atoms with Gasteiger partial charge < -0.3 is 9.47 Å². The average Bonchev–Trinajstić information content (AvgIpc) is 2.51. The quantitative estimate of drug-likeness (QED) is 0.677. The van der Waals surface area contributed by atoms with Crippen molar-refractivity contribution in [1.82, 2.24) is 0 Å². The average molecular weight is 226 g/mol. The highest BCUT2D eigenvalue weighted by Gasteiger charge is 2.63. The minimum atomic E-state index is -0.503. The van der Waals surface area contributed by atoms with Crippen molar-refractivity contribution < 1.29 is 14.3 Å². The molecular weight excluding hydrogens is 204 g/mol. The Bertz CT molecular complexity index is 298. The first kappa shape index (κ1) is 11.7. The Labute approximate surface area is 97.5 Å². The summed E-state index contributed by atoms with van der Waals surface area (Å²) in [5.41, 5.74) is 0.411. The molecule has 2 aliphatic carbocycles. The second kappa shape index (κ2) is 3.64. The normalized spacial score (nSPS) is 39.8. The molecule has 2 fully saturated rings. The van der Waals surface area contributed by atoms with Gasteiger partial charge in [0.25, 0.3) is 0 Å². The second-order valence-corrected chi connectivity index (χ2v) is 5.90. The summed E-state index contributed by atoms with van der Waals surface area (Å²) in [6.45, 7) is 9.05. The van der Waals surface area contributed by atoms with Crippen molar-refractivity contribution in [2.45, 2.75) is 53.1 Å². The molecule has 3 atom stereocenters. The van der Waals surface area contributed by atoms with Crippen molar-refractivity contribution in [1.29, 1.82) is 0 Å². The fraction of sp³-hybridized carbons (Fsp3) is 0.923. The van der Waals surface area contributed by atoms with Crippen LogP contribution in [0.5, 0.6) is 0 Å². The minimum absolute atomic E-state index is 0.0419. The zero-order valence-corrected chi connectivity index (χ0v) is 10.7. The van der Waals surface area contributed by atoms with Gasteiger partial charge in [-0.05, 0) is 37.5 Å². The molecule has 0 heterocycles.